The normalized spacial score (nSPS) is 17.2. The van der Waals surface area contributed by atoms with E-state index in [1.807, 2.05) is 11.0 Å². The van der Waals surface area contributed by atoms with Gasteiger partial charge in [-0.05, 0) is 31.9 Å². The molecule has 0 radical (unpaired) electrons. The fraction of sp³-hybridized carbons (Fsp3) is 0.562. The number of hydrogen-bond acceptors (Lipinski definition) is 3. The molecule has 116 valence electrons. The molecule has 0 unspecified atom stereocenters. The molecule has 5 heteroatoms. The van der Waals surface area contributed by atoms with E-state index in [1.165, 1.54) is 12.8 Å². The first-order valence-electron chi connectivity index (χ1n) is 7.46. The summed E-state index contributed by atoms with van der Waals surface area (Å²) in [5.41, 5.74) is 0.696. The van der Waals surface area contributed by atoms with Gasteiger partial charge in [0.15, 0.2) is 6.61 Å². The quantitative estimate of drug-likeness (QED) is 0.901. The molecule has 0 aliphatic carbocycles. The third-order valence-corrected chi connectivity index (χ3v) is 4.23. The molecule has 2 rings (SSSR count). The first-order valence-corrected chi connectivity index (χ1v) is 8.25. The highest BCUT2D eigenvalue weighted by Crippen LogP contribution is 2.28. The van der Waals surface area contributed by atoms with Crippen molar-refractivity contribution in [2.24, 2.45) is 0 Å². The van der Waals surface area contributed by atoms with Crippen LogP contribution in [0.1, 0.15) is 44.3 Å². The van der Waals surface area contributed by atoms with Crippen LogP contribution in [0.15, 0.2) is 22.7 Å². The Labute approximate surface area is 134 Å². The molecule has 1 heterocycles. The van der Waals surface area contributed by atoms with Crippen LogP contribution < -0.4 is 4.74 Å². The molecule has 1 aliphatic heterocycles. The number of amides is 1. The Morgan fingerprint density at radius 2 is 2.00 bits per heavy atom. The van der Waals surface area contributed by atoms with E-state index in [9.17, 15) is 9.90 Å². The molecule has 4 nitrogen and oxygen atoms in total. The molecule has 21 heavy (non-hydrogen) atoms. The van der Waals surface area contributed by atoms with Gasteiger partial charge in [0.05, 0.1) is 6.10 Å². The summed E-state index contributed by atoms with van der Waals surface area (Å²) in [6.45, 7) is 3.36. The van der Waals surface area contributed by atoms with Crippen LogP contribution in [-0.2, 0) is 4.79 Å². The standard InChI is InChI=1S/C16H22BrNO3/c1-12(19)14-7-6-13(17)10-15(14)21-11-16(20)18-8-4-2-3-5-9-18/h6-7,10,12,19H,2-5,8-9,11H2,1H3/t12-/m1/s1. The SMILES string of the molecule is C[C@@H](O)c1ccc(Br)cc1OCC(=O)N1CCCCCC1. The van der Waals surface area contributed by atoms with Gasteiger partial charge in [-0.2, -0.15) is 0 Å². The first kappa shape index (κ1) is 16.3. The maximum Gasteiger partial charge on any atom is 0.260 e. The van der Waals surface area contributed by atoms with Crippen LogP contribution >= 0.6 is 15.9 Å². The predicted molar refractivity (Wildman–Crippen MR) is 85.3 cm³/mol. The Morgan fingerprint density at radius 1 is 1.33 bits per heavy atom. The molecular weight excluding hydrogens is 334 g/mol. The van der Waals surface area contributed by atoms with Gasteiger partial charge in [0.25, 0.3) is 5.91 Å². The second-order valence-electron chi connectivity index (χ2n) is 5.44. The minimum Gasteiger partial charge on any atom is -0.483 e. The number of rotatable bonds is 4. The van der Waals surface area contributed by atoms with Gasteiger partial charge in [-0.1, -0.05) is 34.8 Å². The molecular formula is C16H22BrNO3. The second-order valence-corrected chi connectivity index (χ2v) is 6.36. The molecule has 1 N–H and O–H groups in total. The number of aliphatic hydroxyl groups excluding tert-OH is 1. The highest BCUT2D eigenvalue weighted by atomic mass is 79.9. The summed E-state index contributed by atoms with van der Waals surface area (Å²) in [7, 11) is 0. The molecule has 1 fully saturated rings. The number of benzene rings is 1. The minimum atomic E-state index is -0.624. The largest absolute Gasteiger partial charge is 0.483 e. The van der Waals surface area contributed by atoms with Gasteiger partial charge in [0, 0.05) is 23.1 Å². The summed E-state index contributed by atoms with van der Waals surface area (Å²) in [4.78, 5) is 14.1. The smallest absolute Gasteiger partial charge is 0.260 e. The third-order valence-electron chi connectivity index (χ3n) is 3.74. The van der Waals surface area contributed by atoms with Gasteiger partial charge in [-0.25, -0.2) is 0 Å². The molecule has 0 bridgehead atoms. The summed E-state index contributed by atoms with van der Waals surface area (Å²) >= 11 is 3.38. The van der Waals surface area contributed by atoms with Crippen molar-refractivity contribution in [1.82, 2.24) is 4.90 Å². The van der Waals surface area contributed by atoms with E-state index in [1.54, 1.807) is 19.1 Å². The molecule has 1 aromatic carbocycles. The highest BCUT2D eigenvalue weighted by molar-refractivity contribution is 9.10. The van der Waals surface area contributed by atoms with E-state index < -0.39 is 6.10 Å². The van der Waals surface area contributed by atoms with Gasteiger partial charge in [0.1, 0.15) is 5.75 Å². The molecule has 1 aliphatic rings. The van der Waals surface area contributed by atoms with Crippen LogP contribution in [-0.4, -0.2) is 35.6 Å². The number of hydrogen-bond donors (Lipinski definition) is 1. The molecule has 0 saturated carbocycles. The van der Waals surface area contributed by atoms with Gasteiger partial charge in [0.2, 0.25) is 0 Å². The van der Waals surface area contributed by atoms with Crippen LogP contribution in [0.5, 0.6) is 5.75 Å². The van der Waals surface area contributed by atoms with Crippen LogP contribution in [0.3, 0.4) is 0 Å². The summed E-state index contributed by atoms with van der Waals surface area (Å²) in [6, 6.07) is 5.45. The average molecular weight is 356 g/mol. The first-order chi connectivity index (χ1) is 10.1. The number of carbonyl (C=O) groups excluding carboxylic acids is 1. The minimum absolute atomic E-state index is 0.0217. The van der Waals surface area contributed by atoms with Crippen molar-refractivity contribution >= 4 is 21.8 Å². The Kier molecular flexibility index (Phi) is 6.06. The van der Waals surface area contributed by atoms with E-state index in [0.717, 1.165) is 30.4 Å². The lowest BCUT2D eigenvalue weighted by Gasteiger charge is -2.21. The maximum atomic E-state index is 12.2. The van der Waals surface area contributed by atoms with Crippen LogP contribution in [0.4, 0.5) is 0 Å². The lowest BCUT2D eigenvalue weighted by atomic mass is 10.1. The monoisotopic (exact) mass is 355 g/mol. The highest BCUT2D eigenvalue weighted by Gasteiger charge is 2.17. The molecule has 1 amide bonds. The van der Waals surface area contributed by atoms with Crippen molar-refractivity contribution in [1.29, 1.82) is 0 Å². The van der Waals surface area contributed by atoms with E-state index in [0.29, 0.717) is 11.3 Å². The summed E-state index contributed by atoms with van der Waals surface area (Å²) in [5.74, 6) is 0.580. The zero-order valence-corrected chi connectivity index (χ0v) is 13.9. The maximum absolute atomic E-state index is 12.2. The van der Waals surface area contributed by atoms with Crippen LogP contribution in [0.25, 0.3) is 0 Å². The lowest BCUT2D eigenvalue weighted by molar-refractivity contribution is -0.133. The van der Waals surface area contributed by atoms with Crippen molar-refractivity contribution < 1.29 is 14.6 Å². The van der Waals surface area contributed by atoms with Crippen molar-refractivity contribution in [2.75, 3.05) is 19.7 Å². The van der Waals surface area contributed by atoms with Crippen LogP contribution in [0.2, 0.25) is 0 Å². The number of nitrogens with zero attached hydrogens (tertiary/aromatic N) is 1. The van der Waals surface area contributed by atoms with Crippen molar-refractivity contribution in [3.05, 3.63) is 28.2 Å². The summed E-state index contributed by atoms with van der Waals surface area (Å²) < 4.78 is 6.52. The summed E-state index contributed by atoms with van der Waals surface area (Å²) in [6.07, 6.45) is 3.91. The van der Waals surface area contributed by atoms with Crippen molar-refractivity contribution in [3.8, 4) is 5.75 Å². The third kappa shape index (κ3) is 4.71. The molecule has 1 atom stereocenters. The van der Waals surface area contributed by atoms with Gasteiger partial charge in [-0.15, -0.1) is 0 Å². The number of ether oxygens (including phenoxy) is 1. The second kappa shape index (κ2) is 7.80. The number of aliphatic hydroxyl groups is 1. The summed E-state index contributed by atoms with van der Waals surface area (Å²) in [5, 5.41) is 9.76. The molecule has 1 saturated heterocycles. The predicted octanol–water partition coefficient (Wildman–Crippen LogP) is 3.28. The fourth-order valence-electron chi connectivity index (χ4n) is 2.53. The van der Waals surface area contributed by atoms with E-state index in [4.69, 9.17) is 4.74 Å². The molecule has 0 aromatic heterocycles. The Balaban J connectivity index is 1.98. The van der Waals surface area contributed by atoms with E-state index >= 15 is 0 Å². The average Bonchev–Trinajstić information content (AvgIpc) is 2.73. The molecule has 0 spiro atoms. The topological polar surface area (TPSA) is 49.8 Å². The van der Waals surface area contributed by atoms with E-state index in [-0.39, 0.29) is 12.5 Å². The van der Waals surface area contributed by atoms with Crippen LogP contribution in [0, 0.1) is 0 Å². The van der Waals surface area contributed by atoms with Gasteiger partial charge < -0.3 is 14.7 Å². The van der Waals surface area contributed by atoms with Crippen molar-refractivity contribution in [3.63, 3.8) is 0 Å². The Bertz CT molecular complexity index is 482. The zero-order chi connectivity index (χ0) is 15.2. The Hall–Kier alpha value is -1.07. The lowest BCUT2D eigenvalue weighted by Crippen LogP contribution is -2.35. The number of halogens is 1. The van der Waals surface area contributed by atoms with Gasteiger partial charge >= 0.3 is 0 Å². The zero-order valence-electron chi connectivity index (χ0n) is 12.3. The van der Waals surface area contributed by atoms with E-state index in [2.05, 4.69) is 15.9 Å². The van der Waals surface area contributed by atoms with Crippen molar-refractivity contribution in [2.45, 2.75) is 38.7 Å². The number of carbonyl (C=O) groups is 1. The van der Waals surface area contributed by atoms with Gasteiger partial charge in [-0.3, -0.25) is 4.79 Å². The fourth-order valence-corrected chi connectivity index (χ4v) is 2.87. The molecule has 1 aromatic rings. The Morgan fingerprint density at radius 3 is 2.62 bits per heavy atom. The number of likely N-dealkylation sites (tertiary alicyclic amines) is 1.